The van der Waals surface area contributed by atoms with Gasteiger partial charge in [0.2, 0.25) is 20.0 Å². The van der Waals surface area contributed by atoms with Crippen LogP contribution in [0.25, 0.3) is 0 Å². The van der Waals surface area contributed by atoms with Crippen molar-refractivity contribution < 1.29 is 34.8 Å². The van der Waals surface area contributed by atoms with Gasteiger partial charge in [-0.25, -0.2) is 44.7 Å². The number of nitrogens with one attached hydrogen (secondary N) is 3. The van der Waals surface area contributed by atoms with E-state index in [2.05, 4.69) is 26.7 Å². The number of ether oxygens (including phenoxy) is 1. The molecule has 324 valence electrons. The van der Waals surface area contributed by atoms with E-state index in [0.717, 1.165) is 35.5 Å². The van der Waals surface area contributed by atoms with Crippen molar-refractivity contribution in [2.24, 2.45) is 9.98 Å². The smallest absolute Gasteiger partial charge is 0.278 e. The predicted molar refractivity (Wildman–Crippen MR) is 236 cm³/mol. The van der Waals surface area contributed by atoms with Gasteiger partial charge in [-0.1, -0.05) is 76.8 Å². The van der Waals surface area contributed by atoms with Gasteiger partial charge in [0.1, 0.15) is 10.6 Å². The van der Waals surface area contributed by atoms with E-state index in [-0.39, 0.29) is 51.6 Å². The Morgan fingerprint density at radius 3 is 2.15 bits per heavy atom. The molecule has 1 amide bonds. The fourth-order valence-electron chi connectivity index (χ4n) is 6.57. The summed E-state index contributed by atoms with van der Waals surface area (Å²) in [6, 6.07) is 15.5. The van der Waals surface area contributed by atoms with Crippen molar-refractivity contribution in [1.82, 2.24) is 13.7 Å². The van der Waals surface area contributed by atoms with Gasteiger partial charge in [-0.2, -0.15) is 0 Å². The van der Waals surface area contributed by atoms with Crippen molar-refractivity contribution in [2.75, 3.05) is 56.8 Å². The van der Waals surface area contributed by atoms with E-state index in [1.807, 2.05) is 17.9 Å². The van der Waals surface area contributed by atoms with Crippen molar-refractivity contribution in [2.45, 2.75) is 94.8 Å². The Bertz CT molecular complexity index is 2320. The van der Waals surface area contributed by atoms with Gasteiger partial charge in [-0.3, -0.25) is 9.10 Å². The van der Waals surface area contributed by atoms with E-state index in [1.54, 1.807) is 31.2 Å². The summed E-state index contributed by atoms with van der Waals surface area (Å²) in [6.07, 6.45) is 12.3. The van der Waals surface area contributed by atoms with Gasteiger partial charge in [0.05, 0.1) is 35.3 Å². The molecular formula is C41H59N7O8S3. The molecule has 1 heterocycles. The van der Waals surface area contributed by atoms with Crippen molar-refractivity contribution in [3.63, 3.8) is 0 Å². The van der Waals surface area contributed by atoms with Crippen LogP contribution in [0.3, 0.4) is 0 Å². The van der Waals surface area contributed by atoms with E-state index >= 15 is 0 Å². The number of nitrogens with zero attached hydrogens (tertiary/aromatic N) is 4. The average Bonchev–Trinajstić information content (AvgIpc) is 3.19. The molecule has 3 N–H and O–H groups in total. The fraction of sp³-hybridized carbons (Fsp3) is 0.488. The highest BCUT2D eigenvalue weighted by Gasteiger charge is 2.36. The highest BCUT2D eigenvalue weighted by Crippen LogP contribution is 2.34. The molecule has 0 saturated heterocycles. The second kappa shape index (κ2) is 21.8. The first-order chi connectivity index (χ1) is 28.0. The molecule has 18 heteroatoms. The van der Waals surface area contributed by atoms with Gasteiger partial charge < -0.3 is 15.0 Å². The van der Waals surface area contributed by atoms with Gasteiger partial charge in [0.25, 0.3) is 15.9 Å². The van der Waals surface area contributed by atoms with Crippen LogP contribution >= 0.6 is 0 Å². The quantitative estimate of drug-likeness (QED) is 0.0652. The Labute approximate surface area is 350 Å². The summed E-state index contributed by atoms with van der Waals surface area (Å²) in [4.78, 5) is 25.5. The SMILES string of the molecule is CCCCCCCCCCCCNS(=O)(=O)c1ccc(OC)c(NC(=O)C(=Nc2ccc(N(CC)CCNS(C)(=O)=O)cc2C)C2=Nc3ccccc3S(=O)(=O)N2C)c1. The van der Waals surface area contributed by atoms with Crippen LogP contribution in [0.5, 0.6) is 5.75 Å². The number of methoxy groups -OCH3 is 1. The van der Waals surface area contributed by atoms with Crippen molar-refractivity contribution in [3.05, 3.63) is 66.2 Å². The average molecular weight is 874 g/mol. The Morgan fingerprint density at radius 1 is 0.864 bits per heavy atom. The molecule has 1 aliphatic rings. The number of carbonyl (C=O) groups is 1. The molecule has 0 aliphatic carbocycles. The molecule has 59 heavy (non-hydrogen) atoms. The number of fused-ring (bicyclic) bond motifs is 1. The monoisotopic (exact) mass is 873 g/mol. The Hall–Kier alpha value is -4.36. The number of anilines is 2. The number of hydrogen-bond donors (Lipinski definition) is 3. The minimum absolute atomic E-state index is 0.0164. The lowest BCUT2D eigenvalue weighted by atomic mass is 10.1. The molecule has 3 aromatic carbocycles. The van der Waals surface area contributed by atoms with Gasteiger partial charge in [-0.05, 0) is 74.4 Å². The lowest BCUT2D eigenvalue weighted by Crippen LogP contribution is -2.44. The number of aliphatic imine (C=N–C) groups is 2. The molecule has 0 unspecified atom stereocenters. The van der Waals surface area contributed by atoms with Crippen LogP contribution in [0.2, 0.25) is 0 Å². The lowest BCUT2D eigenvalue weighted by molar-refractivity contribution is -0.110. The molecule has 15 nitrogen and oxygen atoms in total. The second-order valence-corrected chi connectivity index (χ2v) is 20.0. The number of para-hydroxylation sites is 1. The zero-order chi connectivity index (χ0) is 43.2. The minimum atomic E-state index is -4.15. The zero-order valence-corrected chi connectivity index (χ0v) is 37.4. The number of amidine groups is 1. The summed E-state index contributed by atoms with van der Waals surface area (Å²) in [5.41, 5.74) is 1.51. The molecule has 0 bridgehead atoms. The first-order valence-corrected chi connectivity index (χ1v) is 24.9. The van der Waals surface area contributed by atoms with Crippen molar-refractivity contribution >= 4 is 70.3 Å². The maximum atomic E-state index is 14.4. The summed E-state index contributed by atoms with van der Waals surface area (Å²) < 4.78 is 89.0. The number of rotatable bonds is 24. The standard InChI is InChI=1S/C41H59N7O8S3/c1-7-9-10-11-12-13-14-15-16-19-26-43-58(52,53)33-23-25-37(56-5)36(30-33)46-41(49)39(40-45-35-20-17-18-21-38(35)59(54,55)47(40)4)44-34-24-22-32(29-31(34)3)48(8-2)28-27-42-57(6,50)51/h17-18,20-25,29-30,42-43H,7-16,19,26-28H2,1-6H3,(H,46,49). The van der Waals surface area contributed by atoms with E-state index in [1.165, 1.54) is 83.0 Å². The highest BCUT2D eigenvalue weighted by atomic mass is 32.2. The summed E-state index contributed by atoms with van der Waals surface area (Å²) in [5.74, 6) is -0.969. The van der Waals surface area contributed by atoms with Crippen LogP contribution in [-0.2, 0) is 34.9 Å². The van der Waals surface area contributed by atoms with E-state index < -0.39 is 36.0 Å². The van der Waals surface area contributed by atoms with Gasteiger partial charge in [-0.15, -0.1) is 0 Å². The molecule has 4 rings (SSSR count). The van der Waals surface area contributed by atoms with Crippen LogP contribution in [-0.4, -0.2) is 93.6 Å². The molecule has 1 aliphatic heterocycles. The molecule has 0 saturated carbocycles. The molecule has 0 aromatic heterocycles. The van der Waals surface area contributed by atoms with E-state index in [4.69, 9.17) is 9.73 Å². The maximum absolute atomic E-state index is 14.4. The predicted octanol–water partition coefficient (Wildman–Crippen LogP) is 6.65. The number of unbranched alkanes of at least 4 members (excludes halogenated alkanes) is 9. The first kappa shape index (κ1) is 47.3. The number of benzene rings is 3. The lowest BCUT2D eigenvalue weighted by Gasteiger charge is -2.27. The highest BCUT2D eigenvalue weighted by molar-refractivity contribution is 7.90. The fourth-order valence-corrected chi connectivity index (χ4v) is 9.41. The number of aryl methyl sites for hydroxylation is 1. The van der Waals surface area contributed by atoms with E-state index in [0.29, 0.717) is 30.8 Å². The number of amides is 1. The zero-order valence-electron chi connectivity index (χ0n) is 35.0. The molecule has 0 spiro atoms. The van der Waals surface area contributed by atoms with Crippen LogP contribution in [0.1, 0.15) is 83.6 Å². The maximum Gasteiger partial charge on any atom is 0.278 e. The third-order valence-corrected chi connectivity index (χ3v) is 13.9. The Balaban J connectivity index is 1.62. The van der Waals surface area contributed by atoms with Crippen LogP contribution < -0.4 is 24.4 Å². The van der Waals surface area contributed by atoms with Gasteiger partial charge >= 0.3 is 0 Å². The number of carbonyl (C=O) groups excluding carboxylic acids is 1. The van der Waals surface area contributed by atoms with Gasteiger partial charge in [0.15, 0.2) is 11.5 Å². The Morgan fingerprint density at radius 2 is 1.53 bits per heavy atom. The summed E-state index contributed by atoms with van der Waals surface area (Å²) in [7, 11) is -8.83. The molecule has 3 aromatic rings. The van der Waals surface area contributed by atoms with Crippen LogP contribution in [0, 0.1) is 6.92 Å². The van der Waals surface area contributed by atoms with Gasteiger partial charge in [0, 0.05) is 38.9 Å². The first-order valence-electron chi connectivity index (χ1n) is 20.1. The third kappa shape index (κ3) is 13.3. The summed E-state index contributed by atoms with van der Waals surface area (Å²) in [6.45, 7) is 7.34. The Kier molecular flexibility index (Phi) is 17.5. The molecule has 0 fully saturated rings. The van der Waals surface area contributed by atoms with Crippen LogP contribution in [0.15, 0.2) is 80.4 Å². The summed E-state index contributed by atoms with van der Waals surface area (Å²) >= 11 is 0. The minimum Gasteiger partial charge on any atom is -0.495 e. The van der Waals surface area contributed by atoms with Crippen molar-refractivity contribution in [1.29, 1.82) is 0 Å². The normalized spacial score (nSPS) is 14.1. The van der Waals surface area contributed by atoms with Crippen molar-refractivity contribution in [3.8, 4) is 5.75 Å². The van der Waals surface area contributed by atoms with Crippen LogP contribution in [0.4, 0.5) is 22.7 Å². The molecular weight excluding hydrogens is 815 g/mol. The number of sulfonamides is 3. The molecule has 0 atom stereocenters. The van der Waals surface area contributed by atoms with E-state index in [9.17, 15) is 30.0 Å². The molecule has 0 radical (unpaired) electrons. The largest absolute Gasteiger partial charge is 0.495 e. The second-order valence-electron chi connectivity index (χ2n) is 14.4. The topological polar surface area (TPSA) is 196 Å². The number of likely N-dealkylation sites (N-methyl/N-ethyl adjacent to an activating group) is 1. The third-order valence-electron chi connectivity index (χ3n) is 9.91. The summed E-state index contributed by atoms with van der Waals surface area (Å²) in [5, 5.41) is 2.72. The number of hydrogen-bond acceptors (Lipinski definition) is 11.